The van der Waals surface area contributed by atoms with Crippen molar-refractivity contribution in [2.24, 2.45) is 0 Å². The molecule has 0 saturated carbocycles. The Labute approximate surface area is 135 Å². The van der Waals surface area contributed by atoms with Gasteiger partial charge in [0.2, 0.25) is 0 Å². The molecule has 0 aromatic heterocycles. The van der Waals surface area contributed by atoms with E-state index in [1.165, 1.54) is 0 Å². The van der Waals surface area contributed by atoms with E-state index in [-0.39, 0.29) is 5.91 Å². The van der Waals surface area contributed by atoms with E-state index in [2.05, 4.69) is 17.4 Å². The van der Waals surface area contributed by atoms with Crippen LogP contribution in [0.2, 0.25) is 0 Å². The van der Waals surface area contributed by atoms with Gasteiger partial charge in [0.25, 0.3) is 5.91 Å². The number of hydrogen-bond donors (Lipinski definition) is 2. The zero-order valence-electron chi connectivity index (χ0n) is 13.3. The van der Waals surface area contributed by atoms with Crippen molar-refractivity contribution >= 4 is 11.6 Å². The first-order valence-electron chi connectivity index (χ1n) is 7.27. The fourth-order valence-electron chi connectivity index (χ4n) is 2.00. The van der Waals surface area contributed by atoms with Crippen LogP contribution in [-0.4, -0.2) is 19.6 Å². The maximum absolute atomic E-state index is 12.3. The Bertz CT molecular complexity index is 681. The fraction of sp³-hybridized carbons (Fsp3) is 0.167. The standard InChI is InChI=1S/C18H20N2O3/c1-4-23-17-8-6-5-7-16(17)18(21)20-19-13(2)14-9-11-15(22-3)12-10-14/h5-12,19H,2,4H2,1,3H3,(H,20,21). The van der Waals surface area contributed by atoms with Crippen molar-refractivity contribution in [1.82, 2.24) is 10.9 Å². The van der Waals surface area contributed by atoms with Gasteiger partial charge in [-0.3, -0.25) is 15.6 Å². The van der Waals surface area contributed by atoms with Gasteiger partial charge in [0.05, 0.1) is 25.0 Å². The lowest BCUT2D eigenvalue weighted by Crippen LogP contribution is -2.36. The first kappa shape index (κ1) is 16.4. The number of rotatable bonds is 7. The summed E-state index contributed by atoms with van der Waals surface area (Å²) in [5, 5.41) is 0. The van der Waals surface area contributed by atoms with E-state index in [1.807, 2.05) is 37.3 Å². The molecule has 0 bridgehead atoms. The molecule has 0 radical (unpaired) electrons. The maximum atomic E-state index is 12.3. The molecule has 23 heavy (non-hydrogen) atoms. The molecule has 2 rings (SSSR count). The topological polar surface area (TPSA) is 59.6 Å². The fourth-order valence-corrected chi connectivity index (χ4v) is 2.00. The molecule has 5 nitrogen and oxygen atoms in total. The third-order valence-corrected chi connectivity index (χ3v) is 3.20. The lowest BCUT2D eigenvalue weighted by Gasteiger charge is -2.13. The molecule has 0 aliphatic rings. The molecule has 2 aromatic rings. The highest BCUT2D eigenvalue weighted by Crippen LogP contribution is 2.18. The Morgan fingerprint density at radius 1 is 1.09 bits per heavy atom. The summed E-state index contributed by atoms with van der Waals surface area (Å²) in [6, 6.07) is 14.4. The Hall–Kier alpha value is -2.95. The number of hydrogen-bond acceptors (Lipinski definition) is 4. The van der Waals surface area contributed by atoms with Gasteiger partial charge in [0.1, 0.15) is 11.5 Å². The molecule has 0 atom stereocenters. The lowest BCUT2D eigenvalue weighted by molar-refractivity contribution is 0.0938. The second-order valence-electron chi connectivity index (χ2n) is 4.72. The Morgan fingerprint density at radius 3 is 2.43 bits per heavy atom. The van der Waals surface area contributed by atoms with E-state index in [9.17, 15) is 4.79 Å². The van der Waals surface area contributed by atoms with Gasteiger partial charge in [-0.25, -0.2) is 0 Å². The van der Waals surface area contributed by atoms with Crippen LogP contribution in [0, 0.1) is 0 Å². The van der Waals surface area contributed by atoms with Crippen molar-refractivity contribution in [1.29, 1.82) is 0 Å². The van der Waals surface area contributed by atoms with Crippen LogP contribution in [-0.2, 0) is 0 Å². The van der Waals surface area contributed by atoms with E-state index in [0.29, 0.717) is 23.6 Å². The monoisotopic (exact) mass is 312 g/mol. The zero-order valence-corrected chi connectivity index (χ0v) is 13.3. The Balaban J connectivity index is 1.99. The number of methoxy groups -OCH3 is 1. The molecule has 1 amide bonds. The van der Waals surface area contributed by atoms with Gasteiger partial charge in [-0.05, 0) is 48.9 Å². The van der Waals surface area contributed by atoms with Crippen molar-refractivity contribution in [3.8, 4) is 11.5 Å². The van der Waals surface area contributed by atoms with Crippen LogP contribution >= 0.6 is 0 Å². The van der Waals surface area contributed by atoms with Gasteiger partial charge in [0, 0.05) is 0 Å². The third kappa shape index (κ3) is 4.26. The second kappa shape index (κ2) is 7.89. The molecule has 0 aliphatic carbocycles. The van der Waals surface area contributed by atoms with E-state index in [1.54, 1.807) is 25.3 Å². The highest BCUT2D eigenvalue weighted by Gasteiger charge is 2.11. The lowest BCUT2D eigenvalue weighted by atomic mass is 10.1. The Kier molecular flexibility index (Phi) is 5.63. The molecule has 5 heteroatoms. The molecule has 0 unspecified atom stereocenters. The number of ether oxygens (including phenoxy) is 2. The van der Waals surface area contributed by atoms with Gasteiger partial charge in [-0.15, -0.1) is 0 Å². The zero-order chi connectivity index (χ0) is 16.7. The van der Waals surface area contributed by atoms with Gasteiger partial charge < -0.3 is 9.47 Å². The van der Waals surface area contributed by atoms with Crippen LogP contribution in [0.4, 0.5) is 0 Å². The van der Waals surface area contributed by atoms with Gasteiger partial charge in [-0.1, -0.05) is 18.7 Å². The van der Waals surface area contributed by atoms with Gasteiger partial charge in [0.15, 0.2) is 0 Å². The van der Waals surface area contributed by atoms with Crippen molar-refractivity contribution in [2.75, 3.05) is 13.7 Å². The largest absolute Gasteiger partial charge is 0.497 e. The summed E-state index contributed by atoms with van der Waals surface area (Å²) in [5.41, 5.74) is 7.33. The summed E-state index contributed by atoms with van der Waals surface area (Å²) < 4.78 is 10.6. The van der Waals surface area contributed by atoms with Crippen LogP contribution in [0.15, 0.2) is 55.1 Å². The molecule has 2 N–H and O–H groups in total. The maximum Gasteiger partial charge on any atom is 0.273 e. The molecular formula is C18H20N2O3. The van der Waals surface area contributed by atoms with Crippen LogP contribution in [0.5, 0.6) is 11.5 Å². The molecule has 120 valence electrons. The Morgan fingerprint density at radius 2 is 1.78 bits per heavy atom. The smallest absolute Gasteiger partial charge is 0.273 e. The molecule has 2 aromatic carbocycles. The van der Waals surface area contributed by atoms with Crippen molar-refractivity contribution in [3.05, 3.63) is 66.2 Å². The first-order valence-corrected chi connectivity index (χ1v) is 7.27. The highest BCUT2D eigenvalue weighted by atomic mass is 16.5. The quantitative estimate of drug-likeness (QED) is 0.772. The molecule has 0 heterocycles. The normalized spacial score (nSPS) is 9.83. The predicted molar refractivity (Wildman–Crippen MR) is 90.2 cm³/mol. The summed E-state index contributed by atoms with van der Waals surface area (Å²) in [6.07, 6.45) is 0. The summed E-state index contributed by atoms with van der Waals surface area (Å²) in [4.78, 5) is 12.3. The van der Waals surface area contributed by atoms with Gasteiger partial charge in [-0.2, -0.15) is 0 Å². The molecule has 0 saturated heterocycles. The first-order chi connectivity index (χ1) is 11.2. The van der Waals surface area contributed by atoms with Crippen molar-refractivity contribution < 1.29 is 14.3 Å². The molecule has 0 spiro atoms. The minimum absolute atomic E-state index is 0.288. The van der Waals surface area contributed by atoms with Crippen LogP contribution in [0.1, 0.15) is 22.8 Å². The van der Waals surface area contributed by atoms with Crippen LogP contribution in [0.25, 0.3) is 5.70 Å². The molecule has 0 aliphatic heterocycles. The number of carbonyl (C=O) groups is 1. The van der Waals surface area contributed by atoms with Crippen LogP contribution in [0.3, 0.4) is 0 Å². The van der Waals surface area contributed by atoms with E-state index in [0.717, 1.165) is 11.3 Å². The molecule has 0 fully saturated rings. The predicted octanol–water partition coefficient (Wildman–Crippen LogP) is 3.00. The van der Waals surface area contributed by atoms with Crippen LogP contribution < -0.4 is 20.3 Å². The summed E-state index contributed by atoms with van der Waals surface area (Å²) >= 11 is 0. The second-order valence-corrected chi connectivity index (χ2v) is 4.72. The van der Waals surface area contributed by atoms with E-state index in [4.69, 9.17) is 9.47 Å². The number of benzene rings is 2. The SMILES string of the molecule is C=C(NNC(=O)c1ccccc1OCC)c1ccc(OC)cc1. The number of para-hydroxylation sites is 1. The average molecular weight is 312 g/mol. The van der Waals surface area contributed by atoms with Crippen molar-refractivity contribution in [3.63, 3.8) is 0 Å². The highest BCUT2D eigenvalue weighted by molar-refractivity contribution is 5.97. The number of nitrogens with one attached hydrogen (secondary N) is 2. The average Bonchev–Trinajstić information content (AvgIpc) is 2.60. The van der Waals surface area contributed by atoms with Crippen molar-refractivity contribution in [2.45, 2.75) is 6.92 Å². The summed E-state index contributed by atoms with van der Waals surface area (Å²) in [5.74, 6) is 1.02. The molecular weight excluding hydrogens is 292 g/mol. The van der Waals surface area contributed by atoms with E-state index < -0.39 is 0 Å². The minimum Gasteiger partial charge on any atom is -0.497 e. The number of amides is 1. The van der Waals surface area contributed by atoms with E-state index >= 15 is 0 Å². The van der Waals surface area contributed by atoms with Gasteiger partial charge >= 0.3 is 0 Å². The summed E-state index contributed by atoms with van der Waals surface area (Å²) in [6.45, 7) is 6.28. The minimum atomic E-state index is -0.288. The third-order valence-electron chi connectivity index (χ3n) is 3.20. The number of carbonyl (C=O) groups excluding carboxylic acids is 1. The number of hydrazine groups is 1. The summed E-state index contributed by atoms with van der Waals surface area (Å²) in [7, 11) is 1.61.